The lowest BCUT2D eigenvalue weighted by atomic mass is 10.2. The van der Waals surface area contributed by atoms with Crippen LogP contribution in [0.15, 0.2) is 58.3 Å². The number of hydrogen-bond acceptors (Lipinski definition) is 3. The van der Waals surface area contributed by atoms with E-state index in [9.17, 15) is 0 Å². The van der Waals surface area contributed by atoms with Gasteiger partial charge in [-0.05, 0) is 45.1 Å². The minimum atomic E-state index is -2.70. The first-order valence-electron chi connectivity index (χ1n) is 9.52. The van der Waals surface area contributed by atoms with Crippen LogP contribution in [0.4, 0.5) is 11.4 Å². The minimum absolute atomic E-state index is 0.255. The van der Waals surface area contributed by atoms with Crippen LogP contribution in [0.1, 0.15) is 15.1 Å². The molecule has 0 N–H and O–H groups in total. The SMILES string of the molecule is [2H]C([2H])([2H])N(C(C)CN1c2ccccc2Sc2ccccc21)C([2H])([2H])[2H]. The van der Waals surface area contributed by atoms with Gasteiger partial charge in [-0.2, -0.15) is 0 Å². The van der Waals surface area contributed by atoms with Crippen molar-refractivity contribution >= 4 is 23.1 Å². The largest absolute Gasteiger partial charge is 0.338 e. The molecular weight excluding hydrogens is 264 g/mol. The molecule has 3 rings (SSSR count). The van der Waals surface area contributed by atoms with Crippen molar-refractivity contribution in [1.29, 1.82) is 0 Å². The number of para-hydroxylation sites is 2. The van der Waals surface area contributed by atoms with Gasteiger partial charge in [0.2, 0.25) is 0 Å². The van der Waals surface area contributed by atoms with E-state index in [0.717, 1.165) is 21.2 Å². The van der Waals surface area contributed by atoms with E-state index in [2.05, 4.69) is 0 Å². The summed E-state index contributed by atoms with van der Waals surface area (Å²) in [6.07, 6.45) is 0. The molecule has 0 radical (unpaired) electrons. The molecule has 3 heteroatoms. The summed E-state index contributed by atoms with van der Waals surface area (Å²) in [6, 6.07) is 15.0. The van der Waals surface area contributed by atoms with Crippen LogP contribution in [0.3, 0.4) is 0 Å². The van der Waals surface area contributed by atoms with Gasteiger partial charge in [0.05, 0.1) is 11.4 Å². The standard InChI is InChI=1S/C17H20N2S/c1-13(18(2)3)12-19-14-8-4-6-10-16(14)20-17-11-7-5-9-15(17)19/h4-11,13H,12H2,1-3H3/i2D3,3D3. The molecular formula is C17H20N2S. The Bertz CT molecular complexity index is 730. The van der Waals surface area contributed by atoms with Gasteiger partial charge in [0.1, 0.15) is 0 Å². The van der Waals surface area contributed by atoms with E-state index in [1.165, 1.54) is 0 Å². The molecule has 20 heavy (non-hydrogen) atoms. The molecule has 1 unspecified atom stereocenters. The fraction of sp³-hybridized carbons (Fsp3) is 0.294. The van der Waals surface area contributed by atoms with Crippen molar-refractivity contribution in [1.82, 2.24) is 4.90 Å². The van der Waals surface area contributed by atoms with E-state index in [1.54, 1.807) is 18.7 Å². The molecule has 1 aliphatic heterocycles. The third kappa shape index (κ3) is 2.43. The zero-order valence-corrected chi connectivity index (χ0v) is 12.0. The van der Waals surface area contributed by atoms with Crippen LogP contribution in [0.2, 0.25) is 0 Å². The summed E-state index contributed by atoms with van der Waals surface area (Å²) in [5, 5.41) is 0. The van der Waals surface area contributed by atoms with Crippen molar-refractivity contribution in [2.75, 3.05) is 25.4 Å². The topological polar surface area (TPSA) is 6.48 Å². The zero-order chi connectivity index (χ0) is 19.1. The summed E-state index contributed by atoms with van der Waals surface area (Å²) >= 11 is 1.66. The second-order valence-electron chi connectivity index (χ2n) is 4.87. The van der Waals surface area contributed by atoms with E-state index < -0.39 is 20.0 Å². The van der Waals surface area contributed by atoms with Crippen LogP contribution in [0, 0.1) is 0 Å². The maximum atomic E-state index is 7.66. The molecule has 1 heterocycles. The molecule has 0 aromatic heterocycles. The molecule has 0 amide bonds. The molecule has 0 fully saturated rings. The average Bonchev–Trinajstić information content (AvgIpc) is 2.51. The molecule has 2 nitrogen and oxygen atoms in total. The van der Waals surface area contributed by atoms with Crippen LogP contribution in [-0.2, 0) is 0 Å². The summed E-state index contributed by atoms with van der Waals surface area (Å²) in [6.45, 7) is -3.50. The molecule has 104 valence electrons. The summed E-state index contributed by atoms with van der Waals surface area (Å²) < 4.78 is 46.0. The van der Waals surface area contributed by atoms with E-state index in [0.29, 0.717) is 4.90 Å². The van der Waals surface area contributed by atoms with Crippen molar-refractivity contribution in [2.45, 2.75) is 22.8 Å². The lowest BCUT2D eigenvalue weighted by Gasteiger charge is -2.36. The predicted molar refractivity (Wildman–Crippen MR) is 87.2 cm³/mol. The predicted octanol–water partition coefficient (Wildman–Crippen LogP) is 4.24. The number of likely N-dealkylation sites (N-methyl/N-ethyl adjacent to an activating group) is 1. The number of hydrogen-bond donors (Lipinski definition) is 0. The highest BCUT2D eigenvalue weighted by Crippen LogP contribution is 2.47. The summed E-state index contributed by atoms with van der Waals surface area (Å²) in [7, 11) is 0. The molecule has 0 spiro atoms. The van der Waals surface area contributed by atoms with Crippen LogP contribution in [0.25, 0.3) is 0 Å². The highest BCUT2D eigenvalue weighted by atomic mass is 32.2. The van der Waals surface area contributed by atoms with Gasteiger partial charge in [0.15, 0.2) is 0 Å². The van der Waals surface area contributed by atoms with E-state index >= 15 is 0 Å². The normalized spacial score (nSPS) is 20.6. The third-order valence-electron chi connectivity index (χ3n) is 3.42. The molecule has 0 bridgehead atoms. The van der Waals surface area contributed by atoms with Crippen LogP contribution in [-0.4, -0.2) is 31.4 Å². The molecule has 2 aromatic rings. The van der Waals surface area contributed by atoms with E-state index in [-0.39, 0.29) is 6.54 Å². The van der Waals surface area contributed by atoms with Crippen LogP contribution >= 0.6 is 11.8 Å². The average molecular weight is 290 g/mol. The van der Waals surface area contributed by atoms with Gasteiger partial charge in [0, 0.05) is 30.6 Å². The first-order valence-corrected chi connectivity index (χ1v) is 7.33. The van der Waals surface area contributed by atoms with Gasteiger partial charge in [-0.15, -0.1) is 0 Å². The Morgan fingerprint density at radius 3 is 2.15 bits per heavy atom. The molecule has 1 aliphatic rings. The number of fused-ring (bicyclic) bond motifs is 2. The number of anilines is 2. The number of rotatable bonds is 3. The Labute approximate surface area is 133 Å². The fourth-order valence-corrected chi connectivity index (χ4v) is 3.42. The first-order chi connectivity index (χ1) is 12.1. The Hall–Kier alpha value is -1.45. The quantitative estimate of drug-likeness (QED) is 0.835. The van der Waals surface area contributed by atoms with Gasteiger partial charge in [-0.3, -0.25) is 0 Å². The summed E-state index contributed by atoms with van der Waals surface area (Å²) in [5.74, 6) is 0. The molecule has 0 aliphatic carbocycles. The second-order valence-corrected chi connectivity index (χ2v) is 5.95. The van der Waals surface area contributed by atoms with Gasteiger partial charge in [0.25, 0.3) is 0 Å². The van der Waals surface area contributed by atoms with E-state index in [4.69, 9.17) is 8.22 Å². The van der Waals surface area contributed by atoms with Gasteiger partial charge in [-0.25, -0.2) is 0 Å². The van der Waals surface area contributed by atoms with Crippen LogP contribution < -0.4 is 4.90 Å². The Morgan fingerprint density at radius 1 is 1.05 bits per heavy atom. The maximum Gasteiger partial charge on any atom is 0.0553 e. The Morgan fingerprint density at radius 2 is 1.60 bits per heavy atom. The summed E-state index contributed by atoms with van der Waals surface area (Å²) in [4.78, 5) is 4.78. The molecule has 1 atom stereocenters. The Kier molecular flexibility index (Phi) is 2.23. The molecule has 0 saturated carbocycles. The number of benzene rings is 2. The monoisotopic (exact) mass is 290 g/mol. The van der Waals surface area contributed by atoms with Gasteiger partial charge in [-0.1, -0.05) is 36.0 Å². The van der Waals surface area contributed by atoms with Gasteiger partial charge >= 0.3 is 0 Å². The van der Waals surface area contributed by atoms with Crippen molar-refractivity contribution in [3.05, 3.63) is 48.5 Å². The minimum Gasteiger partial charge on any atom is -0.338 e. The fourth-order valence-electron chi connectivity index (χ4n) is 2.32. The first kappa shape index (κ1) is 8.11. The molecule has 0 saturated heterocycles. The molecule has 2 aromatic carbocycles. The smallest absolute Gasteiger partial charge is 0.0553 e. The maximum absolute atomic E-state index is 7.66. The van der Waals surface area contributed by atoms with E-state index in [1.807, 2.05) is 53.4 Å². The van der Waals surface area contributed by atoms with Crippen molar-refractivity contribution in [2.24, 2.45) is 0 Å². The zero-order valence-electron chi connectivity index (χ0n) is 17.2. The number of nitrogens with zero attached hydrogens (tertiary/aromatic N) is 2. The van der Waals surface area contributed by atoms with Gasteiger partial charge < -0.3 is 9.80 Å². The lowest BCUT2D eigenvalue weighted by molar-refractivity contribution is 0.319. The highest BCUT2D eigenvalue weighted by molar-refractivity contribution is 7.99. The second kappa shape index (κ2) is 5.51. The summed E-state index contributed by atoms with van der Waals surface area (Å²) in [5.41, 5.74) is 1.91. The third-order valence-corrected chi connectivity index (χ3v) is 4.55. The van der Waals surface area contributed by atoms with Crippen molar-refractivity contribution in [3.63, 3.8) is 0 Å². The highest BCUT2D eigenvalue weighted by Gasteiger charge is 2.24. The Balaban J connectivity index is 1.99. The van der Waals surface area contributed by atoms with Crippen LogP contribution in [0.5, 0.6) is 0 Å². The van der Waals surface area contributed by atoms with Crippen molar-refractivity contribution < 1.29 is 8.22 Å². The van der Waals surface area contributed by atoms with Crippen molar-refractivity contribution in [3.8, 4) is 0 Å². The lowest BCUT2D eigenvalue weighted by Crippen LogP contribution is -2.37.